The Morgan fingerprint density at radius 3 is 2.16 bits per heavy atom. The van der Waals surface area contributed by atoms with Crippen molar-refractivity contribution in [3.63, 3.8) is 0 Å². The molecule has 19 heavy (non-hydrogen) atoms. The van der Waals surface area contributed by atoms with Gasteiger partial charge in [0.05, 0.1) is 13.1 Å². The molecule has 1 rings (SSSR count). The SMILES string of the molecule is Cc1sc(C(=O)O)cc1CN(CC(N)=O)CC(N)=O. The molecule has 0 atom stereocenters. The van der Waals surface area contributed by atoms with E-state index in [9.17, 15) is 14.4 Å². The van der Waals surface area contributed by atoms with Gasteiger partial charge in [0.15, 0.2) is 0 Å². The summed E-state index contributed by atoms with van der Waals surface area (Å²) in [5.74, 6) is -2.16. The average Bonchev–Trinajstić information content (AvgIpc) is 2.58. The second-order valence-electron chi connectivity index (χ2n) is 4.08. The standard InChI is InChI=1S/C11H15N3O4S/c1-6-7(2-8(19-6)11(17)18)3-14(4-9(12)15)5-10(13)16/h2H,3-5H2,1H3,(H2,12,15)(H2,13,16)(H,17,18). The van der Waals surface area contributed by atoms with Gasteiger partial charge in [-0.3, -0.25) is 14.5 Å². The summed E-state index contributed by atoms with van der Waals surface area (Å²) in [5.41, 5.74) is 10.9. The fourth-order valence-corrected chi connectivity index (χ4v) is 2.50. The maximum Gasteiger partial charge on any atom is 0.345 e. The van der Waals surface area contributed by atoms with Crippen LogP contribution in [0.4, 0.5) is 0 Å². The Balaban J connectivity index is 2.85. The molecule has 1 aromatic heterocycles. The topological polar surface area (TPSA) is 127 Å². The molecule has 0 fully saturated rings. The van der Waals surface area contributed by atoms with E-state index >= 15 is 0 Å². The monoisotopic (exact) mass is 285 g/mol. The van der Waals surface area contributed by atoms with Crippen LogP contribution in [0.5, 0.6) is 0 Å². The van der Waals surface area contributed by atoms with E-state index in [2.05, 4.69) is 0 Å². The number of aromatic carboxylic acids is 1. The summed E-state index contributed by atoms with van der Waals surface area (Å²) in [5, 5.41) is 8.90. The number of nitrogens with zero attached hydrogens (tertiary/aromatic N) is 1. The van der Waals surface area contributed by atoms with Gasteiger partial charge in [-0.15, -0.1) is 11.3 Å². The lowest BCUT2D eigenvalue weighted by Gasteiger charge is -2.18. The van der Waals surface area contributed by atoms with Crippen LogP contribution in [0.25, 0.3) is 0 Å². The summed E-state index contributed by atoms with van der Waals surface area (Å²) >= 11 is 1.14. The van der Waals surface area contributed by atoms with Crippen LogP contribution in [0.3, 0.4) is 0 Å². The normalized spacial score (nSPS) is 10.6. The maximum atomic E-state index is 10.9. The first-order valence-corrected chi connectivity index (χ1v) is 6.22. The number of primary amides is 2. The zero-order valence-electron chi connectivity index (χ0n) is 10.4. The molecule has 0 aromatic carbocycles. The molecule has 8 heteroatoms. The highest BCUT2D eigenvalue weighted by atomic mass is 32.1. The molecule has 0 aliphatic carbocycles. The van der Waals surface area contributed by atoms with Crippen LogP contribution in [-0.4, -0.2) is 40.9 Å². The van der Waals surface area contributed by atoms with Gasteiger partial charge in [-0.25, -0.2) is 4.79 Å². The molecule has 0 radical (unpaired) electrons. The van der Waals surface area contributed by atoms with Crippen molar-refractivity contribution >= 4 is 29.1 Å². The fourth-order valence-electron chi connectivity index (χ4n) is 1.63. The lowest BCUT2D eigenvalue weighted by atomic mass is 10.2. The molecule has 5 N–H and O–H groups in total. The van der Waals surface area contributed by atoms with Crippen molar-refractivity contribution < 1.29 is 19.5 Å². The number of hydrogen-bond donors (Lipinski definition) is 3. The molecule has 0 bridgehead atoms. The molecule has 0 spiro atoms. The lowest BCUT2D eigenvalue weighted by molar-refractivity contribution is -0.122. The number of carbonyl (C=O) groups excluding carboxylic acids is 2. The molecule has 0 aliphatic rings. The van der Waals surface area contributed by atoms with Gasteiger partial charge in [0.2, 0.25) is 11.8 Å². The third-order valence-electron chi connectivity index (χ3n) is 2.38. The van der Waals surface area contributed by atoms with Crippen LogP contribution < -0.4 is 11.5 Å². The number of carboxylic acid groups (broad SMARTS) is 1. The van der Waals surface area contributed by atoms with Gasteiger partial charge in [-0.05, 0) is 18.6 Å². The van der Waals surface area contributed by atoms with Crippen molar-refractivity contribution in [1.29, 1.82) is 0 Å². The summed E-state index contributed by atoms with van der Waals surface area (Å²) in [7, 11) is 0. The Labute approximate surface area is 113 Å². The summed E-state index contributed by atoms with van der Waals surface area (Å²) in [4.78, 5) is 35.2. The largest absolute Gasteiger partial charge is 0.477 e. The molecule has 0 aliphatic heterocycles. The predicted molar refractivity (Wildman–Crippen MR) is 69.7 cm³/mol. The Bertz CT molecular complexity index is 496. The number of hydrogen-bond acceptors (Lipinski definition) is 5. The van der Waals surface area contributed by atoms with E-state index in [-0.39, 0.29) is 24.5 Å². The first-order valence-electron chi connectivity index (χ1n) is 5.41. The molecule has 1 aromatic rings. The minimum atomic E-state index is -1.00. The molecule has 104 valence electrons. The number of carboxylic acids is 1. The van der Waals surface area contributed by atoms with Crippen molar-refractivity contribution in [3.05, 3.63) is 21.4 Å². The van der Waals surface area contributed by atoms with Crippen LogP contribution in [0, 0.1) is 6.92 Å². The Morgan fingerprint density at radius 1 is 1.26 bits per heavy atom. The molecule has 0 unspecified atom stereocenters. The highest BCUT2D eigenvalue weighted by Gasteiger charge is 2.16. The van der Waals surface area contributed by atoms with Crippen LogP contribution >= 0.6 is 11.3 Å². The van der Waals surface area contributed by atoms with Gasteiger partial charge in [-0.1, -0.05) is 0 Å². The number of carbonyl (C=O) groups is 3. The molecule has 7 nitrogen and oxygen atoms in total. The van der Waals surface area contributed by atoms with Crippen LogP contribution in [0.2, 0.25) is 0 Å². The van der Waals surface area contributed by atoms with E-state index in [4.69, 9.17) is 16.6 Å². The summed E-state index contributed by atoms with van der Waals surface area (Å²) in [6, 6.07) is 1.53. The van der Waals surface area contributed by atoms with Gasteiger partial charge in [0.25, 0.3) is 0 Å². The van der Waals surface area contributed by atoms with E-state index in [1.165, 1.54) is 11.0 Å². The van der Waals surface area contributed by atoms with Crippen molar-refractivity contribution in [1.82, 2.24) is 4.90 Å². The van der Waals surface area contributed by atoms with Gasteiger partial charge in [-0.2, -0.15) is 0 Å². The fraction of sp³-hybridized carbons (Fsp3) is 0.364. The van der Waals surface area contributed by atoms with Crippen molar-refractivity contribution in [3.8, 4) is 0 Å². The Kier molecular flexibility index (Phi) is 5.02. The van der Waals surface area contributed by atoms with Gasteiger partial charge >= 0.3 is 5.97 Å². The second-order valence-corrected chi connectivity index (χ2v) is 5.33. The highest BCUT2D eigenvalue weighted by Crippen LogP contribution is 2.22. The van der Waals surface area contributed by atoms with Crippen molar-refractivity contribution in [2.75, 3.05) is 13.1 Å². The lowest BCUT2D eigenvalue weighted by Crippen LogP contribution is -2.39. The number of rotatable bonds is 7. The Morgan fingerprint density at radius 2 is 1.79 bits per heavy atom. The second kappa shape index (κ2) is 6.30. The van der Waals surface area contributed by atoms with Crippen LogP contribution in [0.1, 0.15) is 20.1 Å². The zero-order chi connectivity index (χ0) is 14.6. The van der Waals surface area contributed by atoms with Crippen LogP contribution in [0.15, 0.2) is 6.07 Å². The number of amides is 2. The summed E-state index contributed by atoms with van der Waals surface area (Å²) in [6.07, 6.45) is 0. The minimum absolute atomic E-state index is 0.110. The van der Waals surface area contributed by atoms with Gasteiger partial charge in [0, 0.05) is 11.4 Å². The number of aryl methyl sites for hydroxylation is 1. The number of thiophene rings is 1. The molecule has 0 saturated heterocycles. The predicted octanol–water partition coefficient (Wildman–Crippen LogP) is -0.473. The smallest absolute Gasteiger partial charge is 0.345 e. The van der Waals surface area contributed by atoms with E-state index in [1.54, 1.807) is 6.92 Å². The average molecular weight is 285 g/mol. The molecule has 0 saturated carbocycles. The van der Waals surface area contributed by atoms with E-state index in [0.717, 1.165) is 21.8 Å². The third-order valence-corrected chi connectivity index (χ3v) is 3.46. The van der Waals surface area contributed by atoms with E-state index in [1.807, 2.05) is 0 Å². The highest BCUT2D eigenvalue weighted by molar-refractivity contribution is 7.14. The first-order chi connectivity index (χ1) is 8.79. The van der Waals surface area contributed by atoms with E-state index < -0.39 is 17.8 Å². The van der Waals surface area contributed by atoms with Gasteiger partial charge < -0.3 is 16.6 Å². The molecular formula is C11H15N3O4S. The Hall–Kier alpha value is -1.93. The maximum absolute atomic E-state index is 10.9. The molecule has 1 heterocycles. The zero-order valence-corrected chi connectivity index (χ0v) is 11.2. The van der Waals surface area contributed by atoms with Crippen LogP contribution in [-0.2, 0) is 16.1 Å². The molecular weight excluding hydrogens is 270 g/mol. The quantitative estimate of drug-likeness (QED) is 0.624. The van der Waals surface area contributed by atoms with E-state index in [0.29, 0.717) is 0 Å². The van der Waals surface area contributed by atoms with Crippen molar-refractivity contribution in [2.24, 2.45) is 11.5 Å². The summed E-state index contributed by atoms with van der Waals surface area (Å²) < 4.78 is 0. The minimum Gasteiger partial charge on any atom is -0.477 e. The summed E-state index contributed by atoms with van der Waals surface area (Å²) in [6.45, 7) is 1.81. The number of nitrogens with two attached hydrogens (primary N) is 2. The molecule has 2 amide bonds. The third kappa shape index (κ3) is 4.68. The van der Waals surface area contributed by atoms with Crippen molar-refractivity contribution in [2.45, 2.75) is 13.5 Å². The van der Waals surface area contributed by atoms with Gasteiger partial charge in [0.1, 0.15) is 4.88 Å². The first kappa shape index (κ1) is 15.1.